The van der Waals surface area contributed by atoms with E-state index < -0.39 is 0 Å². The minimum Gasteiger partial charge on any atom is -0.493 e. The Kier molecular flexibility index (Phi) is 7.22. The van der Waals surface area contributed by atoms with Gasteiger partial charge in [-0.1, -0.05) is 35.9 Å². The standard InChI is InChI=1S/C22H30N2O2/c1-16-13-18(3)22(19(4)14-16)23-21(25)15-24(5)11-8-12-26-20-10-7-6-9-17(20)2/h6-7,9-10,13-14H,8,11-12,15H2,1-5H3,(H,23,25). The van der Waals surface area contributed by atoms with Crippen molar-refractivity contribution in [1.29, 1.82) is 0 Å². The van der Waals surface area contributed by atoms with Crippen molar-refractivity contribution in [3.05, 3.63) is 58.7 Å². The lowest BCUT2D eigenvalue weighted by atomic mass is 10.1. The van der Waals surface area contributed by atoms with Crippen LogP contribution in [0.2, 0.25) is 0 Å². The van der Waals surface area contributed by atoms with E-state index in [1.807, 2.05) is 57.0 Å². The van der Waals surface area contributed by atoms with Crippen molar-refractivity contribution < 1.29 is 9.53 Å². The number of hydrogen-bond donors (Lipinski definition) is 1. The molecule has 1 N–H and O–H groups in total. The first-order valence-electron chi connectivity index (χ1n) is 9.11. The van der Waals surface area contributed by atoms with E-state index in [1.54, 1.807) is 0 Å². The number of carbonyl (C=O) groups excluding carboxylic acids is 1. The van der Waals surface area contributed by atoms with Crippen LogP contribution in [0.25, 0.3) is 0 Å². The number of ether oxygens (including phenoxy) is 1. The molecule has 0 unspecified atom stereocenters. The lowest BCUT2D eigenvalue weighted by Gasteiger charge is -2.18. The second kappa shape index (κ2) is 9.39. The number of anilines is 1. The maximum absolute atomic E-state index is 12.3. The van der Waals surface area contributed by atoms with E-state index in [0.29, 0.717) is 13.2 Å². The predicted molar refractivity (Wildman–Crippen MR) is 108 cm³/mol. The van der Waals surface area contributed by atoms with Gasteiger partial charge in [-0.3, -0.25) is 9.69 Å². The molecule has 0 saturated carbocycles. The van der Waals surface area contributed by atoms with Gasteiger partial charge in [0.15, 0.2) is 0 Å². The van der Waals surface area contributed by atoms with Crippen molar-refractivity contribution in [2.75, 3.05) is 32.1 Å². The van der Waals surface area contributed by atoms with Crippen molar-refractivity contribution in [1.82, 2.24) is 4.90 Å². The normalized spacial score (nSPS) is 10.8. The van der Waals surface area contributed by atoms with E-state index in [1.165, 1.54) is 5.56 Å². The van der Waals surface area contributed by atoms with Gasteiger partial charge in [-0.25, -0.2) is 0 Å². The summed E-state index contributed by atoms with van der Waals surface area (Å²) in [4.78, 5) is 14.4. The number of hydrogen-bond acceptors (Lipinski definition) is 3. The highest BCUT2D eigenvalue weighted by molar-refractivity contribution is 5.93. The van der Waals surface area contributed by atoms with E-state index in [4.69, 9.17) is 4.74 Å². The highest BCUT2D eigenvalue weighted by Crippen LogP contribution is 2.21. The second-order valence-corrected chi connectivity index (χ2v) is 7.03. The Morgan fingerprint density at radius 2 is 1.69 bits per heavy atom. The number of rotatable bonds is 8. The number of benzene rings is 2. The smallest absolute Gasteiger partial charge is 0.238 e. The molecular formula is C22H30N2O2. The highest BCUT2D eigenvalue weighted by atomic mass is 16.5. The van der Waals surface area contributed by atoms with Crippen LogP contribution in [-0.2, 0) is 4.79 Å². The SMILES string of the molecule is Cc1cc(C)c(NC(=O)CN(C)CCCOc2ccccc2C)c(C)c1. The van der Waals surface area contributed by atoms with Crippen LogP contribution in [0.3, 0.4) is 0 Å². The van der Waals surface area contributed by atoms with Gasteiger partial charge in [0.25, 0.3) is 0 Å². The molecule has 0 aliphatic heterocycles. The van der Waals surface area contributed by atoms with E-state index in [-0.39, 0.29) is 5.91 Å². The zero-order chi connectivity index (χ0) is 19.1. The molecule has 1 amide bonds. The van der Waals surface area contributed by atoms with Gasteiger partial charge >= 0.3 is 0 Å². The summed E-state index contributed by atoms with van der Waals surface area (Å²) in [6.07, 6.45) is 0.876. The highest BCUT2D eigenvalue weighted by Gasteiger charge is 2.10. The second-order valence-electron chi connectivity index (χ2n) is 7.03. The quantitative estimate of drug-likeness (QED) is 0.720. The molecule has 4 nitrogen and oxygen atoms in total. The minimum absolute atomic E-state index is 0.0161. The van der Waals surface area contributed by atoms with Gasteiger partial charge in [0, 0.05) is 12.2 Å². The molecule has 26 heavy (non-hydrogen) atoms. The number of amides is 1. The Morgan fingerprint density at radius 3 is 2.35 bits per heavy atom. The topological polar surface area (TPSA) is 41.6 Å². The van der Waals surface area contributed by atoms with Crippen molar-refractivity contribution in [2.45, 2.75) is 34.1 Å². The molecule has 0 saturated heterocycles. The van der Waals surface area contributed by atoms with E-state index in [9.17, 15) is 4.79 Å². The third-order valence-electron chi connectivity index (χ3n) is 4.39. The van der Waals surface area contributed by atoms with Gasteiger partial charge in [0.2, 0.25) is 5.91 Å². The Balaban J connectivity index is 1.75. The van der Waals surface area contributed by atoms with Crippen LogP contribution in [0.4, 0.5) is 5.69 Å². The lowest BCUT2D eigenvalue weighted by molar-refractivity contribution is -0.117. The molecule has 0 radical (unpaired) electrons. The van der Waals surface area contributed by atoms with Crippen molar-refractivity contribution in [2.24, 2.45) is 0 Å². The minimum atomic E-state index is 0.0161. The fourth-order valence-corrected chi connectivity index (χ4v) is 3.12. The molecule has 0 aromatic heterocycles. The molecule has 0 bridgehead atoms. The molecule has 140 valence electrons. The van der Waals surface area contributed by atoms with Crippen LogP contribution in [0.1, 0.15) is 28.7 Å². The molecule has 0 aliphatic carbocycles. The Labute approximate surface area is 157 Å². The van der Waals surface area contributed by atoms with Crippen molar-refractivity contribution in [3.63, 3.8) is 0 Å². The molecule has 4 heteroatoms. The third-order valence-corrected chi connectivity index (χ3v) is 4.39. The number of aryl methyl sites for hydroxylation is 4. The molecule has 0 heterocycles. The zero-order valence-electron chi connectivity index (χ0n) is 16.6. The van der Waals surface area contributed by atoms with Crippen LogP contribution in [0.5, 0.6) is 5.75 Å². The molecule has 0 fully saturated rings. The maximum atomic E-state index is 12.3. The fraction of sp³-hybridized carbons (Fsp3) is 0.409. The zero-order valence-corrected chi connectivity index (χ0v) is 16.6. The van der Waals surface area contributed by atoms with E-state index in [0.717, 1.165) is 41.1 Å². The number of nitrogens with zero attached hydrogens (tertiary/aromatic N) is 1. The molecule has 0 spiro atoms. The summed E-state index contributed by atoms with van der Waals surface area (Å²) in [6.45, 7) is 10.00. The fourth-order valence-electron chi connectivity index (χ4n) is 3.12. The van der Waals surface area contributed by atoms with Crippen molar-refractivity contribution in [3.8, 4) is 5.75 Å². The molecule has 0 aliphatic rings. The van der Waals surface area contributed by atoms with Crippen LogP contribution >= 0.6 is 0 Å². The average Bonchev–Trinajstić information content (AvgIpc) is 2.56. The van der Waals surface area contributed by atoms with E-state index in [2.05, 4.69) is 24.4 Å². The molecular weight excluding hydrogens is 324 g/mol. The molecule has 2 aromatic rings. The molecule has 2 rings (SSSR count). The van der Waals surface area contributed by atoms with Gasteiger partial charge in [0.05, 0.1) is 13.2 Å². The maximum Gasteiger partial charge on any atom is 0.238 e. The van der Waals surface area contributed by atoms with Gasteiger partial charge in [-0.2, -0.15) is 0 Å². The monoisotopic (exact) mass is 354 g/mol. The largest absolute Gasteiger partial charge is 0.493 e. The first kappa shape index (κ1) is 20.0. The first-order valence-corrected chi connectivity index (χ1v) is 9.11. The van der Waals surface area contributed by atoms with Crippen LogP contribution in [0, 0.1) is 27.7 Å². The Hall–Kier alpha value is -2.33. The predicted octanol–water partition coefficient (Wildman–Crippen LogP) is 4.26. The van der Waals surface area contributed by atoms with Gasteiger partial charge < -0.3 is 10.1 Å². The van der Waals surface area contributed by atoms with E-state index >= 15 is 0 Å². The average molecular weight is 354 g/mol. The Bertz CT molecular complexity index is 733. The summed E-state index contributed by atoms with van der Waals surface area (Å²) < 4.78 is 5.80. The van der Waals surface area contributed by atoms with Gasteiger partial charge in [0.1, 0.15) is 5.75 Å². The van der Waals surface area contributed by atoms with Gasteiger partial charge in [-0.05, 0) is 63.9 Å². The number of para-hydroxylation sites is 1. The summed E-state index contributed by atoms with van der Waals surface area (Å²) in [6, 6.07) is 12.2. The Morgan fingerprint density at radius 1 is 1.04 bits per heavy atom. The molecule has 2 aromatic carbocycles. The van der Waals surface area contributed by atoms with Crippen LogP contribution in [-0.4, -0.2) is 37.6 Å². The van der Waals surface area contributed by atoms with Crippen molar-refractivity contribution >= 4 is 11.6 Å². The van der Waals surface area contributed by atoms with Gasteiger partial charge in [-0.15, -0.1) is 0 Å². The summed E-state index contributed by atoms with van der Waals surface area (Å²) >= 11 is 0. The number of likely N-dealkylation sites (N-methyl/N-ethyl adjacent to an activating group) is 1. The summed E-state index contributed by atoms with van der Waals surface area (Å²) in [7, 11) is 1.96. The summed E-state index contributed by atoms with van der Waals surface area (Å²) in [5.41, 5.74) is 5.49. The lowest BCUT2D eigenvalue weighted by Crippen LogP contribution is -2.31. The first-order chi connectivity index (χ1) is 12.4. The van der Waals surface area contributed by atoms with Crippen LogP contribution in [0.15, 0.2) is 36.4 Å². The summed E-state index contributed by atoms with van der Waals surface area (Å²) in [5.74, 6) is 0.945. The van der Waals surface area contributed by atoms with Crippen LogP contribution < -0.4 is 10.1 Å². The number of carbonyl (C=O) groups is 1. The summed E-state index contributed by atoms with van der Waals surface area (Å²) in [5, 5.41) is 3.05. The number of nitrogens with one attached hydrogen (secondary N) is 1. The molecule has 0 atom stereocenters. The third kappa shape index (κ3) is 5.88.